The Morgan fingerprint density at radius 3 is 2.70 bits per heavy atom. The summed E-state index contributed by atoms with van der Waals surface area (Å²) in [4.78, 5) is 4.78. The Morgan fingerprint density at radius 2 is 1.95 bits per heavy atom. The summed E-state index contributed by atoms with van der Waals surface area (Å²) in [6, 6.07) is 8.76. The van der Waals surface area contributed by atoms with Gasteiger partial charge in [0.15, 0.2) is 0 Å². The molecule has 20 heavy (non-hydrogen) atoms. The molecule has 3 nitrogen and oxygen atoms in total. The predicted octanol–water partition coefficient (Wildman–Crippen LogP) is 2.93. The molecule has 0 saturated carbocycles. The highest BCUT2D eigenvalue weighted by Crippen LogP contribution is 2.29. The van der Waals surface area contributed by atoms with Crippen LogP contribution in [0.25, 0.3) is 0 Å². The van der Waals surface area contributed by atoms with Gasteiger partial charge in [0.25, 0.3) is 0 Å². The van der Waals surface area contributed by atoms with Gasteiger partial charge >= 0.3 is 0 Å². The summed E-state index contributed by atoms with van der Waals surface area (Å²) < 4.78 is 2.39. The standard InChI is InChI=1S/C17H23N3/c1-12-7-3-4-8-14(12)17(11-18)20-13(2)19-15-9-5-6-10-16(15)20/h3-4,7-8,17H,5-6,9-11,18H2,1-2H3. The second-order valence-electron chi connectivity index (χ2n) is 5.74. The number of hydrogen-bond donors (Lipinski definition) is 1. The minimum absolute atomic E-state index is 0.213. The quantitative estimate of drug-likeness (QED) is 0.931. The van der Waals surface area contributed by atoms with Gasteiger partial charge in [0.2, 0.25) is 0 Å². The summed E-state index contributed by atoms with van der Waals surface area (Å²) in [5.74, 6) is 1.11. The van der Waals surface area contributed by atoms with Gasteiger partial charge in [0, 0.05) is 12.2 Å². The largest absolute Gasteiger partial charge is 0.328 e. The van der Waals surface area contributed by atoms with Crippen LogP contribution >= 0.6 is 0 Å². The number of aromatic nitrogens is 2. The molecule has 1 heterocycles. The molecule has 0 fully saturated rings. The predicted molar refractivity (Wildman–Crippen MR) is 82.0 cm³/mol. The van der Waals surface area contributed by atoms with E-state index in [1.54, 1.807) is 0 Å². The fourth-order valence-corrected chi connectivity index (χ4v) is 3.44. The van der Waals surface area contributed by atoms with Crippen LogP contribution in [0.3, 0.4) is 0 Å². The van der Waals surface area contributed by atoms with Crippen LogP contribution in [0.15, 0.2) is 24.3 Å². The minimum Gasteiger partial charge on any atom is -0.328 e. The Morgan fingerprint density at radius 1 is 1.20 bits per heavy atom. The molecule has 1 aliphatic carbocycles. The monoisotopic (exact) mass is 269 g/mol. The number of nitrogens with two attached hydrogens (primary N) is 1. The molecular formula is C17H23N3. The highest BCUT2D eigenvalue weighted by Gasteiger charge is 2.24. The SMILES string of the molecule is Cc1ccccc1C(CN)n1c(C)nc2c1CCCC2. The van der Waals surface area contributed by atoms with Crippen LogP contribution in [0.1, 0.15) is 47.2 Å². The van der Waals surface area contributed by atoms with Gasteiger partial charge in [0.05, 0.1) is 11.7 Å². The Hall–Kier alpha value is -1.61. The molecule has 0 radical (unpaired) electrons. The van der Waals surface area contributed by atoms with E-state index in [1.165, 1.54) is 35.4 Å². The lowest BCUT2D eigenvalue weighted by atomic mass is 9.98. The number of aryl methyl sites for hydroxylation is 3. The molecule has 1 unspecified atom stereocenters. The molecule has 1 aromatic heterocycles. The summed E-state index contributed by atoms with van der Waals surface area (Å²) in [5, 5.41) is 0. The molecule has 0 aliphatic heterocycles. The maximum absolute atomic E-state index is 6.12. The normalized spacial score (nSPS) is 15.9. The van der Waals surface area contributed by atoms with Crippen LogP contribution in [0.5, 0.6) is 0 Å². The van der Waals surface area contributed by atoms with Crippen molar-refractivity contribution in [1.29, 1.82) is 0 Å². The van der Waals surface area contributed by atoms with E-state index in [0.717, 1.165) is 18.7 Å². The molecule has 3 rings (SSSR count). The average molecular weight is 269 g/mol. The van der Waals surface area contributed by atoms with Gasteiger partial charge in [0.1, 0.15) is 5.82 Å². The molecule has 3 heteroatoms. The lowest BCUT2D eigenvalue weighted by molar-refractivity contribution is 0.535. The Kier molecular flexibility index (Phi) is 3.62. The third-order valence-electron chi connectivity index (χ3n) is 4.43. The first-order valence-corrected chi connectivity index (χ1v) is 7.54. The van der Waals surface area contributed by atoms with Gasteiger partial charge in [-0.1, -0.05) is 24.3 Å². The topological polar surface area (TPSA) is 43.8 Å². The van der Waals surface area contributed by atoms with E-state index in [-0.39, 0.29) is 6.04 Å². The zero-order chi connectivity index (χ0) is 14.1. The third-order valence-corrected chi connectivity index (χ3v) is 4.43. The zero-order valence-corrected chi connectivity index (χ0v) is 12.4. The molecule has 1 atom stereocenters. The van der Waals surface area contributed by atoms with Crippen LogP contribution in [-0.4, -0.2) is 16.1 Å². The van der Waals surface area contributed by atoms with Crippen molar-refractivity contribution < 1.29 is 0 Å². The van der Waals surface area contributed by atoms with Crippen LogP contribution in [0, 0.1) is 13.8 Å². The fraction of sp³-hybridized carbons (Fsp3) is 0.471. The fourth-order valence-electron chi connectivity index (χ4n) is 3.44. The molecule has 106 valence electrons. The van der Waals surface area contributed by atoms with E-state index in [4.69, 9.17) is 10.7 Å². The smallest absolute Gasteiger partial charge is 0.106 e. The Balaban J connectivity index is 2.11. The van der Waals surface area contributed by atoms with E-state index in [1.807, 2.05) is 0 Å². The Labute approximate surface area is 120 Å². The molecular weight excluding hydrogens is 246 g/mol. The van der Waals surface area contributed by atoms with Gasteiger partial charge in [-0.05, 0) is 50.7 Å². The van der Waals surface area contributed by atoms with Gasteiger partial charge in [-0.25, -0.2) is 4.98 Å². The van der Waals surface area contributed by atoms with E-state index in [2.05, 4.69) is 42.7 Å². The van der Waals surface area contributed by atoms with Crippen LogP contribution < -0.4 is 5.73 Å². The molecule has 2 aromatic rings. The molecule has 0 saturated heterocycles. The first-order valence-electron chi connectivity index (χ1n) is 7.54. The number of hydrogen-bond acceptors (Lipinski definition) is 2. The van der Waals surface area contributed by atoms with Crippen molar-refractivity contribution in [1.82, 2.24) is 9.55 Å². The number of fused-ring (bicyclic) bond motifs is 1. The molecule has 0 spiro atoms. The van der Waals surface area contributed by atoms with Crippen molar-refractivity contribution in [2.45, 2.75) is 45.6 Å². The third kappa shape index (κ3) is 2.16. The number of nitrogens with zero attached hydrogens (tertiary/aromatic N) is 2. The van der Waals surface area contributed by atoms with Gasteiger partial charge in [-0.2, -0.15) is 0 Å². The number of rotatable bonds is 3. The minimum atomic E-state index is 0.213. The first kappa shape index (κ1) is 13.4. The van der Waals surface area contributed by atoms with Crippen molar-refractivity contribution in [3.05, 3.63) is 52.6 Å². The highest BCUT2D eigenvalue weighted by molar-refractivity contribution is 5.32. The first-order chi connectivity index (χ1) is 9.72. The van der Waals surface area contributed by atoms with E-state index < -0.39 is 0 Å². The maximum atomic E-state index is 6.12. The van der Waals surface area contributed by atoms with Crippen LogP contribution in [0.4, 0.5) is 0 Å². The second kappa shape index (κ2) is 5.41. The van der Waals surface area contributed by atoms with Crippen molar-refractivity contribution in [3.8, 4) is 0 Å². The molecule has 1 aliphatic rings. The average Bonchev–Trinajstić information content (AvgIpc) is 2.78. The van der Waals surface area contributed by atoms with Gasteiger partial charge in [-0.3, -0.25) is 0 Å². The second-order valence-corrected chi connectivity index (χ2v) is 5.74. The van der Waals surface area contributed by atoms with Crippen molar-refractivity contribution in [3.63, 3.8) is 0 Å². The van der Waals surface area contributed by atoms with E-state index in [0.29, 0.717) is 6.54 Å². The van der Waals surface area contributed by atoms with E-state index >= 15 is 0 Å². The highest BCUT2D eigenvalue weighted by atomic mass is 15.1. The van der Waals surface area contributed by atoms with Gasteiger partial charge in [-0.15, -0.1) is 0 Å². The van der Waals surface area contributed by atoms with Crippen LogP contribution in [-0.2, 0) is 12.8 Å². The van der Waals surface area contributed by atoms with Crippen LogP contribution in [0.2, 0.25) is 0 Å². The lowest BCUT2D eigenvalue weighted by Crippen LogP contribution is -2.24. The molecule has 0 bridgehead atoms. The molecule has 0 amide bonds. The van der Waals surface area contributed by atoms with Gasteiger partial charge < -0.3 is 10.3 Å². The maximum Gasteiger partial charge on any atom is 0.106 e. The van der Waals surface area contributed by atoms with Crippen molar-refractivity contribution >= 4 is 0 Å². The summed E-state index contributed by atoms with van der Waals surface area (Å²) in [6.45, 7) is 4.89. The summed E-state index contributed by atoms with van der Waals surface area (Å²) in [6.07, 6.45) is 4.79. The summed E-state index contributed by atoms with van der Waals surface area (Å²) in [7, 11) is 0. The molecule has 2 N–H and O–H groups in total. The van der Waals surface area contributed by atoms with Crippen molar-refractivity contribution in [2.75, 3.05) is 6.54 Å². The van der Waals surface area contributed by atoms with E-state index in [9.17, 15) is 0 Å². The number of benzene rings is 1. The van der Waals surface area contributed by atoms with Crippen molar-refractivity contribution in [2.24, 2.45) is 5.73 Å². The zero-order valence-electron chi connectivity index (χ0n) is 12.4. The lowest BCUT2D eigenvalue weighted by Gasteiger charge is -2.24. The summed E-state index contributed by atoms with van der Waals surface area (Å²) >= 11 is 0. The summed E-state index contributed by atoms with van der Waals surface area (Å²) in [5.41, 5.74) is 11.4. The number of imidazole rings is 1. The molecule has 1 aromatic carbocycles. The Bertz CT molecular complexity index is 613.